The summed E-state index contributed by atoms with van der Waals surface area (Å²) in [6, 6.07) is 17.3. The Balaban J connectivity index is 1.63. The molecule has 31 heavy (non-hydrogen) atoms. The van der Waals surface area contributed by atoms with Gasteiger partial charge in [-0.05, 0) is 80.3 Å². The standard InChI is InChI=1S/C24H26N2O4S/c1-16-8-9-17(2)22(14-16)26-31(28,29)21-12-10-20(11-13-21)30-15-23(27)25-24-18(3)6-5-7-19(24)4/h5-14,26H,15H2,1-4H3,(H,25,27). The monoisotopic (exact) mass is 438 g/mol. The number of carbonyl (C=O) groups is 1. The van der Waals surface area contributed by atoms with Crippen LogP contribution in [0.5, 0.6) is 5.75 Å². The number of amides is 1. The summed E-state index contributed by atoms with van der Waals surface area (Å²) in [7, 11) is -3.74. The number of para-hydroxylation sites is 1. The molecule has 162 valence electrons. The van der Waals surface area contributed by atoms with Crippen molar-refractivity contribution < 1.29 is 17.9 Å². The van der Waals surface area contributed by atoms with Crippen molar-refractivity contribution in [2.45, 2.75) is 32.6 Å². The van der Waals surface area contributed by atoms with Gasteiger partial charge in [0.1, 0.15) is 5.75 Å². The largest absolute Gasteiger partial charge is 0.484 e. The zero-order chi connectivity index (χ0) is 22.6. The molecule has 7 heteroatoms. The Morgan fingerprint density at radius 3 is 2.16 bits per heavy atom. The third kappa shape index (κ3) is 5.64. The minimum Gasteiger partial charge on any atom is -0.484 e. The van der Waals surface area contributed by atoms with E-state index in [0.29, 0.717) is 11.4 Å². The molecular weight excluding hydrogens is 412 g/mol. The van der Waals surface area contributed by atoms with Crippen molar-refractivity contribution in [3.8, 4) is 5.75 Å². The highest BCUT2D eigenvalue weighted by molar-refractivity contribution is 7.92. The summed E-state index contributed by atoms with van der Waals surface area (Å²) in [6.07, 6.45) is 0. The van der Waals surface area contributed by atoms with E-state index in [4.69, 9.17) is 4.74 Å². The minimum atomic E-state index is -3.74. The molecule has 0 spiro atoms. The molecule has 0 saturated heterocycles. The summed E-state index contributed by atoms with van der Waals surface area (Å²) in [5, 5.41) is 2.85. The molecule has 0 heterocycles. The first-order valence-corrected chi connectivity index (χ1v) is 11.3. The highest BCUT2D eigenvalue weighted by atomic mass is 32.2. The second-order valence-corrected chi connectivity index (χ2v) is 9.18. The van der Waals surface area contributed by atoms with E-state index in [1.54, 1.807) is 6.07 Å². The van der Waals surface area contributed by atoms with E-state index in [1.807, 2.05) is 58.0 Å². The van der Waals surface area contributed by atoms with E-state index in [1.165, 1.54) is 24.3 Å². The van der Waals surface area contributed by atoms with Crippen LogP contribution in [0.4, 0.5) is 11.4 Å². The molecule has 0 unspecified atom stereocenters. The SMILES string of the molecule is Cc1ccc(C)c(NS(=O)(=O)c2ccc(OCC(=O)Nc3c(C)cccc3C)cc2)c1. The molecule has 0 fully saturated rings. The Kier molecular flexibility index (Phi) is 6.65. The summed E-state index contributed by atoms with van der Waals surface area (Å²) >= 11 is 0. The van der Waals surface area contributed by atoms with Crippen molar-refractivity contribution in [2.75, 3.05) is 16.6 Å². The van der Waals surface area contributed by atoms with Crippen LogP contribution in [0.15, 0.2) is 65.6 Å². The molecule has 1 amide bonds. The number of nitrogens with one attached hydrogen (secondary N) is 2. The molecule has 3 rings (SSSR count). The molecule has 6 nitrogen and oxygen atoms in total. The fourth-order valence-electron chi connectivity index (χ4n) is 3.10. The number of ether oxygens (including phenoxy) is 1. The Morgan fingerprint density at radius 2 is 1.52 bits per heavy atom. The molecule has 0 aliphatic heterocycles. The lowest BCUT2D eigenvalue weighted by Crippen LogP contribution is -2.21. The molecule has 0 atom stereocenters. The first kappa shape index (κ1) is 22.4. The van der Waals surface area contributed by atoms with Crippen LogP contribution >= 0.6 is 0 Å². The van der Waals surface area contributed by atoms with E-state index in [-0.39, 0.29) is 17.4 Å². The van der Waals surface area contributed by atoms with E-state index in [0.717, 1.165) is 27.9 Å². The minimum absolute atomic E-state index is 0.112. The van der Waals surface area contributed by atoms with Gasteiger partial charge in [0.15, 0.2) is 6.61 Å². The zero-order valence-corrected chi connectivity index (χ0v) is 18.8. The smallest absolute Gasteiger partial charge is 0.262 e. The molecular formula is C24H26N2O4S. The first-order chi connectivity index (χ1) is 14.7. The second kappa shape index (κ2) is 9.22. The van der Waals surface area contributed by atoms with Gasteiger partial charge in [-0.2, -0.15) is 0 Å². The van der Waals surface area contributed by atoms with Gasteiger partial charge in [-0.15, -0.1) is 0 Å². The highest BCUT2D eigenvalue weighted by Crippen LogP contribution is 2.23. The van der Waals surface area contributed by atoms with Gasteiger partial charge in [0.2, 0.25) is 0 Å². The number of sulfonamides is 1. The Morgan fingerprint density at radius 1 is 0.871 bits per heavy atom. The van der Waals surface area contributed by atoms with Gasteiger partial charge in [-0.3, -0.25) is 9.52 Å². The molecule has 0 aliphatic carbocycles. The van der Waals surface area contributed by atoms with Crippen LogP contribution in [-0.2, 0) is 14.8 Å². The van der Waals surface area contributed by atoms with E-state index in [9.17, 15) is 13.2 Å². The van der Waals surface area contributed by atoms with E-state index in [2.05, 4.69) is 10.0 Å². The quantitative estimate of drug-likeness (QED) is 0.558. The van der Waals surface area contributed by atoms with Crippen LogP contribution in [0.3, 0.4) is 0 Å². The van der Waals surface area contributed by atoms with E-state index >= 15 is 0 Å². The van der Waals surface area contributed by atoms with Gasteiger partial charge >= 0.3 is 0 Å². The predicted octanol–water partition coefficient (Wildman–Crippen LogP) is 4.74. The van der Waals surface area contributed by atoms with Crippen LogP contribution in [0, 0.1) is 27.7 Å². The molecule has 3 aromatic carbocycles. The van der Waals surface area contributed by atoms with Crippen molar-refractivity contribution in [3.63, 3.8) is 0 Å². The second-order valence-electron chi connectivity index (χ2n) is 7.50. The number of aryl methyl sites for hydroxylation is 4. The van der Waals surface area contributed by atoms with Crippen molar-refractivity contribution >= 4 is 27.3 Å². The number of hydrogen-bond donors (Lipinski definition) is 2. The normalized spacial score (nSPS) is 11.1. The van der Waals surface area contributed by atoms with Crippen LogP contribution in [-0.4, -0.2) is 20.9 Å². The van der Waals surface area contributed by atoms with Gasteiger partial charge in [-0.25, -0.2) is 8.42 Å². The maximum atomic E-state index is 12.7. The van der Waals surface area contributed by atoms with Crippen LogP contribution in [0.1, 0.15) is 22.3 Å². The number of carbonyl (C=O) groups excluding carboxylic acids is 1. The first-order valence-electron chi connectivity index (χ1n) is 9.85. The summed E-state index contributed by atoms with van der Waals surface area (Å²) in [6.45, 7) is 7.42. The van der Waals surface area contributed by atoms with Gasteiger partial charge in [0.25, 0.3) is 15.9 Å². The molecule has 0 bridgehead atoms. The zero-order valence-electron chi connectivity index (χ0n) is 18.0. The number of rotatable bonds is 7. The van der Waals surface area contributed by atoms with Gasteiger partial charge in [0.05, 0.1) is 10.6 Å². The maximum absolute atomic E-state index is 12.7. The fourth-order valence-corrected chi connectivity index (χ4v) is 4.22. The third-order valence-corrected chi connectivity index (χ3v) is 6.27. The number of hydrogen-bond acceptors (Lipinski definition) is 4. The molecule has 2 N–H and O–H groups in total. The summed E-state index contributed by atoms with van der Waals surface area (Å²) < 4.78 is 33.5. The van der Waals surface area contributed by atoms with Gasteiger partial charge < -0.3 is 10.1 Å². The lowest BCUT2D eigenvalue weighted by molar-refractivity contribution is -0.118. The Labute approximate surface area is 183 Å². The Hall–Kier alpha value is -3.32. The van der Waals surface area contributed by atoms with E-state index < -0.39 is 10.0 Å². The van der Waals surface area contributed by atoms with Crippen molar-refractivity contribution in [2.24, 2.45) is 0 Å². The lowest BCUT2D eigenvalue weighted by atomic mass is 10.1. The molecule has 0 saturated carbocycles. The topological polar surface area (TPSA) is 84.5 Å². The molecule has 0 aromatic heterocycles. The fraction of sp³-hybridized carbons (Fsp3) is 0.208. The van der Waals surface area contributed by atoms with Gasteiger partial charge in [-0.1, -0.05) is 30.3 Å². The molecule has 0 radical (unpaired) electrons. The summed E-state index contributed by atoms with van der Waals surface area (Å²) in [5.74, 6) is 0.119. The lowest BCUT2D eigenvalue weighted by Gasteiger charge is -2.13. The average molecular weight is 439 g/mol. The van der Waals surface area contributed by atoms with Gasteiger partial charge in [0, 0.05) is 5.69 Å². The Bertz CT molecular complexity index is 1180. The number of anilines is 2. The average Bonchev–Trinajstić information content (AvgIpc) is 2.72. The van der Waals surface area contributed by atoms with Crippen LogP contribution < -0.4 is 14.8 Å². The summed E-state index contributed by atoms with van der Waals surface area (Å²) in [5.41, 5.74) is 5.06. The molecule has 3 aromatic rings. The third-order valence-electron chi connectivity index (χ3n) is 4.89. The summed E-state index contributed by atoms with van der Waals surface area (Å²) in [4.78, 5) is 12.3. The maximum Gasteiger partial charge on any atom is 0.262 e. The van der Waals surface area contributed by atoms with Crippen molar-refractivity contribution in [1.82, 2.24) is 0 Å². The van der Waals surface area contributed by atoms with Crippen LogP contribution in [0.25, 0.3) is 0 Å². The van der Waals surface area contributed by atoms with Crippen molar-refractivity contribution in [1.29, 1.82) is 0 Å². The van der Waals surface area contributed by atoms with Crippen LogP contribution in [0.2, 0.25) is 0 Å². The van der Waals surface area contributed by atoms with Crippen molar-refractivity contribution in [3.05, 3.63) is 82.9 Å². The highest BCUT2D eigenvalue weighted by Gasteiger charge is 2.16. The predicted molar refractivity (Wildman–Crippen MR) is 123 cm³/mol. The molecule has 0 aliphatic rings. The number of benzene rings is 3.